The highest BCUT2D eigenvalue weighted by atomic mass is 79.9. The molecule has 1 fully saturated rings. The predicted octanol–water partition coefficient (Wildman–Crippen LogP) is 9.47. The molecule has 1 unspecified atom stereocenters. The third-order valence-electron chi connectivity index (χ3n) is 9.29. The van der Waals surface area contributed by atoms with Crippen molar-refractivity contribution in [1.82, 2.24) is 0 Å². The molecule has 5 rings (SSSR count). The number of furan rings is 1. The van der Waals surface area contributed by atoms with Crippen molar-refractivity contribution in [2.75, 3.05) is 17.1 Å². The van der Waals surface area contributed by atoms with Crippen molar-refractivity contribution in [2.45, 2.75) is 76.6 Å². The third kappa shape index (κ3) is 7.80. The quantitative estimate of drug-likeness (QED) is 0.145. The average molecular weight is 764 g/mol. The molecular formula is C35H41BrClFN2O5SSi. The van der Waals surface area contributed by atoms with Crippen molar-refractivity contribution in [3.8, 4) is 0 Å². The van der Waals surface area contributed by atoms with Gasteiger partial charge in [-0.2, -0.15) is 0 Å². The van der Waals surface area contributed by atoms with Gasteiger partial charge < -0.3 is 14.6 Å². The Hall–Kier alpha value is -2.70. The van der Waals surface area contributed by atoms with E-state index in [9.17, 15) is 17.6 Å². The number of benzene rings is 3. The number of fused-ring (bicyclic) bond motifs is 1. The fourth-order valence-corrected chi connectivity index (χ4v) is 8.56. The van der Waals surface area contributed by atoms with Gasteiger partial charge in [0.1, 0.15) is 17.2 Å². The number of nitrogens with zero attached hydrogens (tertiary/aromatic N) is 1. The van der Waals surface area contributed by atoms with Crippen LogP contribution in [0.15, 0.2) is 63.5 Å². The Morgan fingerprint density at radius 3 is 2.40 bits per heavy atom. The van der Waals surface area contributed by atoms with E-state index >= 15 is 0 Å². The van der Waals surface area contributed by atoms with Crippen molar-refractivity contribution < 1.29 is 26.4 Å². The fraction of sp³-hybridized carbons (Fsp3) is 0.400. The smallest absolute Gasteiger partial charge is 0.252 e. The Morgan fingerprint density at radius 1 is 1.17 bits per heavy atom. The van der Waals surface area contributed by atoms with Crippen LogP contribution in [0, 0.1) is 5.82 Å². The number of halogens is 3. The van der Waals surface area contributed by atoms with Crippen molar-refractivity contribution in [2.24, 2.45) is 5.73 Å². The molecule has 1 aliphatic carbocycles. The maximum atomic E-state index is 13.6. The first kappa shape index (κ1) is 35.6. The number of carbonyl (C=O) groups excluding carboxylic acids is 1. The highest BCUT2D eigenvalue weighted by molar-refractivity contribution is 9.10. The van der Waals surface area contributed by atoms with Crippen LogP contribution in [0.1, 0.15) is 84.9 Å². The number of nitrogens with two attached hydrogens (primary N) is 1. The molecule has 4 aromatic rings. The Morgan fingerprint density at radius 2 is 1.83 bits per heavy atom. The minimum Gasteiger partial charge on any atom is -0.460 e. The van der Waals surface area contributed by atoms with E-state index in [0.717, 1.165) is 34.0 Å². The molecule has 0 radical (unpaired) electrons. The minimum absolute atomic E-state index is 0.0833. The van der Waals surface area contributed by atoms with Gasteiger partial charge in [-0.3, -0.25) is 9.10 Å². The van der Waals surface area contributed by atoms with E-state index in [-0.39, 0.29) is 35.3 Å². The molecule has 252 valence electrons. The van der Waals surface area contributed by atoms with Crippen LogP contribution < -0.4 is 10.0 Å². The van der Waals surface area contributed by atoms with Gasteiger partial charge in [0.15, 0.2) is 8.32 Å². The van der Waals surface area contributed by atoms with Crippen molar-refractivity contribution in [3.05, 3.63) is 97.9 Å². The van der Waals surface area contributed by atoms with Gasteiger partial charge in [0.05, 0.1) is 28.6 Å². The molecule has 0 spiro atoms. The normalized spacial score (nSPS) is 14.8. The molecule has 1 saturated carbocycles. The molecule has 12 heteroatoms. The molecule has 47 heavy (non-hydrogen) atoms. The number of rotatable bonds is 12. The highest BCUT2D eigenvalue weighted by Gasteiger charge is 2.40. The second-order valence-electron chi connectivity index (χ2n) is 13.9. The number of anilines is 1. The summed E-state index contributed by atoms with van der Waals surface area (Å²) in [7, 11) is -6.08. The summed E-state index contributed by atoms with van der Waals surface area (Å²) in [4.78, 5) is 12.7. The van der Waals surface area contributed by atoms with Crippen LogP contribution in [0.5, 0.6) is 0 Å². The molecule has 1 atom stereocenters. The predicted molar refractivity (Wildman–Crippen MR) is 193 cm³/mol. The zero-order chi connectivity index (χ0) is 34.5. The summed E-state index contributed by atoms with van der Waals surface area (Å²) >= 11 is 10.2. The third-order valence-corrected chi connectivity index (χ3v) is 16.4. The Balaban J connectivity index is 1.58. The summed E-state index contributed by atoms with van der Waals surface area (Å²) in [5, 5.41) is 1.00. The number of sulfonamides is 1. The Labute approximate surface area is 290 Å². The molecule has 3 aromatic carbocycles. The van der Waals surface area contributed by atoms with E-state index in [4.69, 9.17) is 26.2 Å². The van der Waals surface area contributed by atoms with E-state index in [1.54, 1.807) is 24.3 Å². The molecular weight excluding hydrogens is 723 g/mol. The van der Waals surface area contributed by atoms with E-state index < -0.39 is 30.4 Å². The number of hydrogen-bond acceptors (Lipinski definition) is 5. The fourth-order valence-electron chi connectivity index (χ4n) is 5.60. The topological polar surface area (TPSA) is 103 Å². The molecule has 0 bridgehead atoms. The molecule has 1 heterocycles. The lowest BCUT2D eigenvalue weighted by atomic mass is 10.0. The standard InChI is InChI=1S/C35H41BrClFN2O5SSi/c1-35(2,3)47(5,6)45-29(24-8-7-9-27(37)33(24)36)16-17-40(46(4,42)43)28-20-30-26(19-25(28)22-12-13-22)32(34(39)41)31(44-30)18-21-10-14-23(38)15-11-21/h7-11,14-15,19-20,22,29H,12-13,16-18H2,1-6H3,(H2,39,41). The van der Waals surface area contributed by atoms with Crippen LogP contribution in [-0.2, 0) is 20.9 Å². The van der Waals surface area contributed by atoms with Gasteiger partial charge in [-0.05, 0) is 100 Å². The van der Waals surface area contributed by atoms with Crippen LogP contribution >= 0.6 is 27.5 Å². The lowest BCUT2D eigenvalue weighted by Gasteiger charge is -2.40. The first-order valence-corrected chi connectivity index (χ1v) is 21.5. The summed E-state index contributed by atoms with van der Waals surface area (Å²) in [6.45, 7) is 11.0. The lowest BCUT2D eigenvalue weighted by molar-refractivity contribution is 0.1000. The summed E-state index contributed by atoms with van der Waals surface area (Å²) in [5.41, 5.74) is 9.40. The van der Waals surface area contributed by atoms with Crippen LogP contribution in [0.2, 0.25) is 23.2 Å². The first-order valence-electron chi connectivity index (χ1n) is 15.6. The second kappa shape index (κ2) is 13.3. The summed E-state index contributed by atoms with van der Waals surface area (Å²) in [5.74, 6) is -0.533. The van der Waals surface area contributed by atoms with Crippen molar-refractivity contribution >= 4 is 68.4 Å². The maximum Gasteiger partial charge on any atom is 0.252 e. The van der Waals surface area contributed by atoms with Gasteiger partial charge in [-0.15, -0.1) is 0 Å². The largest absolute Gasteiger partial charge is 0.460 e. The Bertz CT molecular complexity index is 1920. The summed E-state index contributed by atoms with van der Waals surface area (Å²) < 4.78 is 56.0. The number of amides is 1. The van der Waals surface area contributed by atoms with Gasteiger partial charge in [0, 0.05) is 28.9 Å². The van der Waals surface area contributed by atoms with Gasteiger partial charge in [-0.1, -0.05) is 56.6 Å². The average Bonchev–Trinajstić information content (AvgIpc) is 3.74. The van der Waals surface area contributed by atoms with E-state index in [1.165, 1.54) is 22.7 Å². The zero-order valence-electron chi connectivity index (χ0n) is 27.5. The summed E-state index contributed by atoms with van der Waals surface area (Å²) in [6, 6.07) is 15.1. The SMILES string of the molecule is CC(C)(C)[Si](C)(C)OC(CCN(c1cc2oc(Cc3ccc(F)cc3)c(C(N)=O)c2cc1C1CC1)S(C)(=O)=O)c1cccc(Cl)c1Br. The molecule has 1 aliphatic rings. The molecule has 1 amide bonds. The summed E-state index contributed by atoms with van der Waals surface area (Å²) in [6.07, 6.45) is 3.14. The zero-order valence-corrected chi connectivity index (χ0v) is 31.7. The van der Waals surface area contributed by atoms with Gasteiger partial charge in [0.25, 0.3) is 5.91 Å². The molecule has 0 aliphatic heterocycles. The van der Waals surface area contributed by atoms with Gasteiger partial charge in [0.2, 0.25) is 10.0 Å². The van der Waals surface area contributed by atoms with E-state index in [1.807, 2.05) is 18.2 Å². The second-order valence-corrected chi connectivity index (χ2v) is 21.7. The van der Waals surface area contributed by atoms with E-state index in [2.05, 4.69) is 49.8 Å². The highest BCUT2D eigenvalue weighted by Crippen LogP contribution is 2.48. The van der Waals surface area contributed by atoms with Crippen molar-refractivity contribution in [3.63, 3.8) is 0 Å². The van der Waals surface area contributed by atoms with Crippen LogP contribution in [0.25, 0.3) is 11.0 Å². The number of hydrogen-bond donors (Lipinski definition) is 1. The minimum atomic E-state index is -3.77. The molecule has 0 saturated heterocycles. The monoisotopic (exact) mass is 762 g/mol. The van der Waals surface area contributed by atoms with Crippen LogP contribution in [0.4, 0.5) is 10.1 Å². The molecule has 7 nitrogen and oxygen atoms in total. The van der Waals surface area contributed by atoms with Crippen molar-refractivity contribution in [1.29, 1.82) is 0 Å². The number of carbonyl (C=O) groups is 1. The molecule has 2 N–H and O–H groups in total. The van der Waals surface area contributed by atoms with Gasteiger partial charge >= 0.3 is 0 Å². The lowest BCUT2D eigenvalue weighted by Crippen LogP contribution is -2.42. The Kier molecular flexibility index (Phi) is 10.1. The first-order chi connectivity index (χ1) is 21.9. The van der Waals surface area contributed by atoms with Crippen LogP contribution in [-0.4, -0.2) is 35.4 Å². The van der Waals surface area contributed by atoms with E-state index in [0.29, 0.717) is 33.9 Å². The van der Waals surface area contributed by atoms with Crippen LogP contribution in [0.3, 0.4) is 0 Å². The van der Waals surface area contributed by atoms with Gasteiger partial charge in [-0.25, -0.2) is 12.8 Å². The number of primary amides is 1. The molecule has 1 aromatic heterocycles. The maximum absolute atomic E-state index is 13.6.